The zero-order chi connectivity index (χ0) is 17.8. The van der Waals surface area contributed by atoms with Gasteiger partial charge in [-0.15, -0.1) is 0 Å². The molecule has 1 aliphatic rings. The Kier molecular flexibility index (Phi) is 4.95. The first-order chi connectivity index (χ1) is 12.1. The largest absolute Gasteiger partial charge is 0.365 e. The van der Waals surface area contributed by atoms with Gasteiger partial charge in [0.1, 0.15) is 11.9 Å². The van der Waals surface area contributed by atoms with Gasteiger partial charge in [-0.05, 0) is 17.7 Å². The van der Waals surface area contributed by atoms with E-state index in [1.807, 2.05) is 35.2 Å². The molecule has 3 rings (SSSR count). The van der Waals surface area contributed by atoms with Crippen LogP contribution in [0.4, 0.5) is 5.82 Å². The third-order valence-electron chi connectivity index (χ3n) is 4.37. The van der Waals surface area contributed by atoms with Crippen molar-refractivity contribution < 1.29 is 9.59 Å². The van der Waals surface area contributed by atoms with Gasteiger partial charge in [-0.25, -0.2) is 4.98 Å². The zero-order valence-electron chi connectivity index (χ0n) is 13.8. The Morgan fingerprint density at radius 3 is 2.32 bits per heavy atom. The molecule has 4 N–H and O–H groups in total. The van der Waals surface area contributed by atoms with Crippen LogP contribution in [-0.2, 0) is 4.79 Å². The number of carbonyl (C=O) groups excluding carboxylic acids is 2. The lowest BCUT2D eigenvalue weighted by atomic mass is 10.1. The van der Waals surface area contributed by atoms with Crippen LogP contribution >= 0.6 is 0 Å². The molecule has 25 heavy (non-hydrogen) atoms. The Morgan fingerprint density at radius 1 is 1.00 bits per heavy atom. The Balaban J connectivity index is 1.66. The summed E-state index contributed by atoms with van der Waals surface area (Å²) in [6.45, 7) is 2.19. The predicted molar refractivity (Wildman–Crippen MR) is 94.9 cm³/mol. The summed E-state index contributed by atoms with van der Waals surface area (Å²) in [6.07, 6.45) is 1.63. The van der Waals surface area contributed by atoms with Crippen LogP contribution in [0.15, 0.2) is 48.7 Å². The summed E-state index contributed by atoms with van der Waals surface area (Å²) in [4.78, 5) is 32.2. The summed E-state index contributed by atoms with van der Waals surface area (Å²) in [5, 5.41) is 0. The molecule has 1 fully saturated rings. The topological polar surface area (TPSA) is 106 Å². The number of hydrogen-bond acceptors (Lipinski definition) is 5. The monoisotopic (exact) mass is 339 g/mol. The fourth-order valence-electron chi connectivity index (χ4n) is 2.98. The normalized spacial score (nSPS) is 15.7. The molecule has 1 aromatic carbocycles. The fraction of sp³-hybridized carbons (Fsp3) is 0.278. The number of anilines is 1. The Morgan fingerprint density at radius 2 is 1.68 bits per heavy atom. The average molecular weight is 339 g/mol. The van der Waals surface area contributed by atoms with Gasteiger partial charge < -0.3 is 21.3 Å². The van der Waals surface area contributed by atoms with Gasteiger partial charge in [0.15, 0.2) is 0 Å². The highest BCUT2D eigenvalue weighted by Crippen LogP contribution is 2.20. The number of nitrogens with two attached hydrogens (primary N) is 2. The van der Waals surface area contributed by atoms with E-state index in [0.29, 0.717) is 37.6 Å². The van der Waals surface area contributed by atoms with Gasteiger partial charge in [0, 0.05) is 32.4 Å². The maximum atomic E-state index is 12.6. The minimum atomic E-state index is -0.663. The van der Waals surface area contributed by atoms with Crippen LogP contribution in [0.5, 0.6) is 0 Å². The number of carbonyl (C=O) groups is 2. The van der Waals surface area contributed by atoms with Crippen molar-refractivity contribution in [1.82, 2.24) is 9.88 Å². The van der Waals surface area contributed by atoms with E-state index in [4.69, 9.17) is 11.5 Å². The van der Waals surface area contributed by atoms with Gasteiger partial charge in [-0.2, -0.15) is 0 Å². The second-order valence-corrected chi connectivity index (χ2v) is 5.94. The minimum Gasteiger partial charge on any atom is -0.365 e. The van der Waals surface area contributed by atoms with Gasteiger partial charge >= 0.3 is 0 Å². The quantitative estimate of drug-likeness (QED) is 0.845. The van der Waals surface area contributed by atoms with E-state index in [0.717, 1.165) is 5.56 Å². The van der Waals surface area contributed by atoms with E-state index < -0.39 is 11.9 Å². The second-order valence-electron chi connectivity index (χ2n) is 5.94. The molecular formula is C18H21N5O2. The Hall–Kier alpha value is -2.93. The summed E-state index contributed by atoms with van der Waals surface area (Å²) in [6, 6.07) is 12.0. The number of rotatable bonds is 4. The lowest BCUT2D eigenvalue weighted by molar-refractivity contribution is -0.133. The zero-order valence-corrected chi connectivity index (χ0v) is 13.8. The first-order valence-electron chi connectivity index (χ1n) is 8.17. The van der Waals surface area contributed by atoms with Crippen molar-refractivity contribution in [3.8, 4) is 0 Å². The van der Waals surface area contributed by atoms with Crippen LogP contribution in [0.3, 0.4) is 0 Å². The average Bonchev–Trinajstić information content (AvgIpc) is 2.67. The molecule has 0 aliphatic carbocycles. The van der Waals surface area contributed by atoms with Crippen LogP contribution in [0.1, 0.15) is 22.0 Å². The molecular weight excluding hydrogens is 318 g/mol. The van der Waals surface area contributed by atoms with Crippen molar-refractivity contribution in [1.29, 1.82) is 0 Å². The van der Waals surface area contributed by atoms with Crippen molar-refractivity contribution in [2.75, 3.05) is 31.1 Å². The highest BCUT2D eigenvalue weighted by Gasteiger charge is 2.27. The molecule has 130 valence electrons. The first kappa shape index (κ1) is 16.9. The van der Waals surface area contributed by atoms with Crippen LogP contribution in [-0.4, -0.2) is 47.9 Å². The number of pyridine rings is 1. The van der Waals surface area contributed by atoms with Gasteiger partial charge in [-0.1, -0.05) is 30.3 Å². The molecule has 0 spiro atoms. The van der Waals surface area contributed by atoms with E-state index in [9.17, 15) is 9.59 Å². The van der Waals surface area contributed by atoms with Gasteiger partial charge in [0.25, 0.3) is 5.91 Å². The van der Waals surface area contributed by atoms with Crippen LogP contribution < -0.4 is 16.4 Å². The maximum Gasteiger partial charge on any atom is 0.252 e. The van der Waals surface area contributed by atoms with E-state index in [2.05, 4.69) is 4.98 Å². The van der Waals surface area contributed by atoms with Crippen molar-refractivity contribution in [2.45, 2.75) is 6.04 Å². The van der Waals surface area contributed by atoms with E-state index in [1.54, 1.807) is 23.2 Å². The van der Waals surface area contributed by atoms with E-state index in [1.165, 1.54) is 0 Å². The van der Waals surface area contributed by atoms with Crippen molar-refractivity contribution in [2.24, 2.45) is 11.5 Å². The molecule has 1 atom stereocenters. The number of piperazine rings is 1. The summed E-state index contributed by atoms with van der Waals surface area (Å²) >= 11 is 0. The lowest BCUT2D eigenvalue weighted by Gasteiger charge is -2.37. The molecule has 1 unspecified atom stereocenters. The first-order valence-corrected chi connectivity index (χ1v) is 8.17. The Labute approximate surface area is 146 Å². The summed E-state index contributed by atoms with van der Waals surface area (Å²) in [5.41, 5.74) is 12.7. The summed E-state index contributed by atoms with van der Waals surface area (Å²) in [7, 11) is 0. The highest BCUT2D eigenvalue weighted by molar-refractivity contribution is 5.97. The fourth-order valence-corrected chi connectivity index (χ4v) is 2.98. The number of hydrogen-bond donors (Lipinski definition) is 2. The number of benzene rings is 1. The van der Waals surface area contributed by atoms with Gasteiger partial charge in [0.2, 0.25) is 5.91 Å². The van der Waals surface area contributed by atoms with Gasteiger partial charge in [0.05, 0.1) is 5.56 Å². The van der Waals surface area contributed by atoms with Crippen LogP contribution in [0.25, 0.3) is 0 Å². The van der Waals surface area contributed by atoms with E-state index >= 15 is 0 Å². The number of primary amides is 1. The van der Waals surface area contributed by atoms with Crippen LogP contribution in [0, 0.1) is 0 Å². The van der Waals surface area contributed by atoms with E-state index in [-0.39, 0.29) is 5.91 Å². The van der Waals surface area contributed by atoms with Crippen LogP contribution in [0.2, 0.25) is 0 Å². The van der Waals surface area contributed by atoms with Crippen molar-refractivity contribution in [3.63, 3.8) is 0 Å². The van der Waals surface area contributed by atoms with Crippen molar-refractivity contribution in [3.05, 3.63) is 59.8 Å². The molecule has 1 aromatic heterocycles. The summed E-state index contributed by atoms with van der Waals surface area (Å²) < 4.78 is 0. The molecule has 7 heteroatoms. The molecule has 7 nitrogen and oxygen atoms in total. The highest BCUT2D eigenvalue weighted by atomic mass is 16.2. The molecule has 2 amide bonds. The molecule has 1 aliphatic heterocycles. The smallest absolute Gasteiger partial charge is 0.252 e. The van der Waals surface area contributed by atoms with Gasteiger partial charge in [-0.3, -0.25) is 9.59 Å². The molecule has 0 saturated carbocycles. The maximum absolute atomic E-state index is 12.6. The predicted octanol–water partition coefficient (Wildman–Crippen LogP) is 0.529. The number of amides is 2. The SMILES string of the molecule is NC(=O)c1cccnc1N1CCN(C(=O)C(N)c2ccccc2)CC1. The molecule has 2 heterocycles. The molecule has 2 aromatic rings. The lowest BCUT2D eigenvalue weighted by Crippen LogP contribution is -2.51. The third-order valence-corrected chi connectivity index (χ3v) is 4.37. The number of aromatic nitrogens is 1. The Bertz CT molecular complexity index is 757. The second kappa shape index (κ2) is 7.31. The third kappa shape index (κ3) is 3.61. The minimum absolute atomic E-state index is 0.0954. The molecule has 0 bridgehead atoms. The summed E-state index contributed by atoms with van der Waals surface area (Å²) in [5.74, 6) is -0.0378. The standard InChI is InChI=1S/C18H21N5O2/c19-15(13-5-2-1-3-6-13)18(25)23-11-9-22(10-12-23)17-14(16(20)24)7-4-8-21-17/h1-8,15H,9-12,19H2,(H2,20,24). The number of nitrogens with zero attached hydrogens (tertiary/aromatic N) is 3. The molecule has 1 saturated heterocycles. The molecule has 0 radical (unpaired) electrons. The van der Waals surface area contributed by atoms with Crippen molar-refractivity contribution >= 4 is 17.6 Å².